The molecular weight excluding hydrogens is 244 g/mol. The van der Waals surface area contributed by atoms with Crippen LogP contribution in [0.1, 0.15) is 20.3 Å². The van der Waals surface area contributed by atoms with Gasteiger partial charge in [0.15, 0.2) is 5.13 Å². The van der Waals surface area contributed by atoms with Gasteiger partial charge in [-0.2, -0.15) is 0 Å². The molecule has 0 aliphatic carbocycles. The molecule has 0 N–H and O–H groups in total. The van der Waals surface area contributed by atoms with Gasteiger partial charge in [-0.25, -0.2) is 4.98 Å². The van der Waals surface area contributed by atoms with E-state index in [1.807, 2.05) is 49.6 Å². The van der Waals surface area contributed by atoms with Gasteiger partial charge in [0.25, 0.3) is 0 Å². The normalized spacial score (nSPS) is 10.3. The minimum absolute atomic E-state index is 0.117. The van der Waals surface area contributed by atoms with Crippen molar-refractivity contribution in [2.24, 2.45) is 0 Å². The number of carbonyl (C=O) groups is 1. The smallest absolute Gasteiger partial charge is 0.228 e. The zero-order valence-corrected chi connectivity index (χ0v) is 11.4. The van der Waals surface area contributed by atoms with Crippen LogP contribution in [0.3, 0.4) is 0 Å². The van der Waals surface area contributed by atoms with Gasteiger partial charge in [-0.05, 0) is 6.92 Å². The summed E-state index contributed by atoms with van der Waals surface area (Å²) >= 11 is 1.51. The monoisotopic (exact) mass is 260 g/mol. The molecule has 0 saturated heterocycles. The number of hydrogen-bond donors (Lipinski definition) is 0. The van der Waals surface area contributed by atoms with Crippen LogP contribution >= 0.6 is 11.3 Å². The SMILES string of the molecule is CCC(=O)N(CC)c1nc(-c2ccccc2)cs1. The van der Waals surface area contributed by atoms with E-state index in [-0.39, 0.29) is 5.91 Å². The molecule has 1 amide bonds. The molecular formula is C14H16N2OS. The van der Waals surface area contributed by atoms with E-state index in [0.717, 1.165) is 16.4 Å². The first-order valence-corrected chi connectivity index (χ1v) is 6.95. The summed E-state index contributed by atoms with van der Waals surface area (Å²) < 4.78 is 0. The molecule has 0 aliphatic heterocycles. The number of benzene rings is 1. The molecule has 3 nitrogen and oxygen atoms in total. The van der Waals surface area contributed by atoms with Crippen LogP contribution in [0, 0.1) is 0 Å². The van der Waals surface area contributed by atoms with Crippen molar-refractivity contribution in [3.05, 3.63) is 35.7 Å². The van der Waals surface area contributed by atoms with E-state index in [2.05, 4.69) is 4.98 Å². The molecule has 0 saturated carbocycles. The fraction of sp³-hybridized carbons (Fsp3) is 0.286. The van der Waals surface area contributed by atoms with Crippen LogP contribution in [-0.2, 0) is 4.79 Å². The van der Waals surface area contributed by atoms with Gasteiger partial charge in [0.2, 0.25) is 5.91 Å². The highest BCUT2D eigenvalue weighted by Crippen LogP contribution is 2.27. The van der Waals surface area contributed by atoms with Crippen molar-refractivity contribution in [2.45, 2.75) is 20.3 Å². The second-order valence-corrected chi connectivity index (χ2v) is 4.71. The summed E-state index contributed by atoms with van der Waals surface area (Å²) in [5.74, 6) is 0.117. The zero-order chi connectivity index (χ0) is 13.0. The van der Waals surface area contributed by atoms with Gasteiger partial charge in [0.05, 0.1) is 5.69 Å². The van der Waals surface area contributed by atoms with Gasteiger partial charge >= 0.3 is 0 Å². The summed E-state index contributed by atoms with van der Waals surface area (Å²) in [6.07, 6.45) is 0.508. The summed E-state index contributed by atoms with van der Waals surface area (Å²) in [4.78, 5) is 18.1. The first-order valence-electron chi connectivity index (χ1n) is 6.07. The van der Waals surface area contributed by atoms with Gasteiger partial charge in [0.1, 0.15) is 0 Å². The van der Waals surface area contributed by atoms with E-state index < -0.39 is 0 Å². The Labute approximate surface area is 111 Å². The molecule has 4 heteroatoms. The van der Waals surface area contributed by atoms with Crippen LogP contribution in [0.5, 0.6) is 0 Å². The number of anilines is 1. The van der Waals surface area contributed by atoms with Crippen molar-refractivity contribution in [1.29, 1.82) is 0 Å². The van der Waals surface area contributed by atoms with Gasteiger partial charge in [-0.3, -0.25) is 9.69 Å². The maximum atomic E-state index is 11.8. The number of amides is 1. The van der Waals surface area contributed by atoms with E-state index in [0.29, 0.717) is 13.0 Å². The Kier molecular flexibility index (Phi) is 4.10. The standard InChI is InChI=1S/C14H16N2OS/c1-3-13(17)16(4-2)14-15-12(10-18-14)11-8-6-5-7-9-11/h5-10H,3-4H2,1-2H3. The average molecular weight is 260 g/mol. The number of aromatic nitrogens is 1. The maximum Gasteiger partial charge on any atom is 0.228 e. The Hall–Kier alpha value is -1.68. The Morgan fingerprint density at radius 2 is 2.00 bits per heavy atom. The fourth-order valence-electron chi connectivity index (χ4n) is 1.74. The summed E-state index contributed by atoms with van der Waals surface area (Å²) in [5, 5.41) is 2.78. The van der Waals surface area contributed by atoms with Gasteiger partial charge in [0, 0.05) is 23.9 Å². The maximum absolute atomic E-state index is 11.8. The topological polar surface area (TPSA) is 33.2 Å². The van der Waals surface area contributed by atoms with Gasteiger partial charge in [-0.15, -0.1) is 11.3 Å². The lowest BCUT2D eigenvalue weighted by atomic mass is 10.2. The lowest BCUT2D eigenvalue weighted by Crippen LogP contribution is -2.29. The molecule has 94 valence electrons. The number of hydrogen-bond acceptors (Lipinski definition) is 3. The third-order valence-corrected chi connectivity index (χ3v) is 3.58. The molecule has 0 atom stereocenters. The lowest BCUT2D eigenvalue weighted by molar-refractivity contribution is -0.118. The molecule has 0 aliphatic rings. The first kappa shape index (κ1) is 12.8. The van der Waals surface area contributed by atoms with E-state index >= 15 is 0 Å². The Morgan fingerprint density at radius 1 is 1.28 bits per heavy atom. The van der Waals surface area contributed by atoms with Crippen LogP contribution in [0.15, 0.2) is 35.7 Å². The summed E-state index contributed by atoms with van der Waals surface area (Å²) in [5.41, 5.74) is 2.01. The van der Waals surface area contributed by atoms with Crippen LogP contribution in [0.2, 0.25) is 0 Å². The molecule has 1 aromatic carbocycles. The van der Waals surface area contributed by atoms with Gasteiger partial charge in [-0.1, -0.05) is 37.3 Å². The number of thiazole rings is 1. The largest absolute Gasteiger partial charge is 0.288 e. The molecule has 0 bridgehead atoms. The molecule has 2 aromatic rings. The molecule has 0 radical (unpaired) electrons. The third kappa shape index (κ3) is 2.59. The summed E-state index contributed by atoms with van der Waals surface area (Å²) in [6, 6.07) is 10.0. The van der Waals surface area contributed by atoms with E-state index in [1.54, 1.807) is 4.90 Å². The molecule has 0 unspecified atom stereocenters. The molecule has 0 fully saturated rings. The van der Waals surface area contributed by atoms with Crippen molar-refractivity contribution in [1.82, 2.24) is 4.98 Å². The second-order valence-electron chi connectivity index (χ2n) is 3.87. The predicted octanol–water partition coefficient (Wildman–Crippen LogP) is 3.57. The van der Waals surface area contributed by atoms with Gasteiger partial charge < -0.3 is 0 Å². The van der Waals surface area contributed by atoms with Crippen LogP contribution in [0.25, 0.3) is 11.3 Å². The molecule has 18 heavy (non-hydrogen) atoms. The molecule has 2 rings (SSSR count). The van der Waals surface area contributed by atoms with Crippen molar-refractivity contribution >= 4 is 22.4 Å². The molecule has 0 spiro atoms. The number of carbonyl (C=O) groups excluding carboxylic acids is 1. The predicted molar refractivity (Wildman–Crippen MR) is 75.9 cm³/mol. The summed E-state index contributed by atoms with van der Waals surface area (Å²) in [6.45, 7) is 4.50. The molecule has 1 aromatic heterocycles. The number of nitrogens with zero attached hydrogens (tertiary/aromatic N) is 2. The van der Waals surface area contributed by atoms with E-state index in [1.165, 1.54) is 11.3 Å². The number of rotatable bonds is 4. The third-order valence-electron chi connectivity index (χ3n) is 2.71. The average Bonchev–Trinajstić information content (AvgIpc) is 2.90. The van der Waals surface area contributed by atoms with E-state index in [4.69, 9.17) is 0 Å². The second kappa shape index (κ2) is 5.78. The fourth-order valence-corrected chi connectivity index (χ4v) is 2.65. The van der Waals surface area contributed by atoms with E-state index in [9.17, 15) is 4.79 Å². The Balaban J connectivity index is 2.27. The van der Waals surface area contributed by atoms with Crippen LogP contribution in [-0.4, -0.2) is 17.4 Å². The highest BCUT2D eigenvalue weighted by molar-refractivity contribution is 7.14. The van der Waals surface area contributed by atoms with Crippen molar-refractivity contribution in [2.75, 3.05) is 11.4 Å². The quantitative estimate of drug-likeness (QED) is 0.842. The van der Waals surface area contributed by atoms with Crippen molar-refractivity contribution in [3.63, 3.8) is 0 Å². The Bertz CT molecular complexity index is 522. The lowest BCUT2D eigenvalue weighted by Gasteiger charge is -2.16. The molecule has 1 heterocycles. The van der Waals surface area contributed by atoms with Crippen LogP contribution < -0.4 is 4.90 Å². The highest BCUT2D eigenvalue weighted by Gasteiger charge is 2.15. The highest BCUT2D eigenvalue weighted by atomic mass is 32.1. The van der Waals surface area contributed by atoms with Crippen molar-refractivity contribution < 1.29 is 4.79 Å². The van der Waals surface area contributed by atoms with Crippen LogP contribution in [0.4, 0.5) is 5.13 Å². The summed E-state index contributed by atoms with van der Waals surface area (Å²) in [7, 11) is 0. The zero-order valence-electron chi connectivity index (χ0n) is 10.6. The first-order chi connectivity index (χ1) is 8.76. The minimum Gasteiger partial charge on any atom is -0.288 e. The minimum atomic E-state index is 0.117. The van der Waals surface area contributed by atoms with Crippen molar-refractivity contribution in [3.8, 4) is 11.3 Å². The Morgan fingerprint density at radius 3 is 2.61 bits per heavy atom.